The maximum atomic E-state index is 13.0. The first-order valence-corrected chi connectivity index (χ1v) is 9.79. The van der Waals surface area contributed by atoms with Gasteiger partial charge in [0.15, 0.2) is 5.13 Å². The monoisotopic (exact) mass is 391 g/mol. The van der Waals surface area contributed by atoms with Crippen LogP contribution in [0.1, 0.15) is 16.1 Å². The van der Waals surface area contributed by atoms with E-state index in [1.807, 2.05) is 24.3 Å². The summed E-state index contributed by atoms with van der Waals surface area (Å²) < 4.78 is 1.01. The van der Waals surface area contributed by atoms with E-state index in [0.717, 1.165) is 34.5 Å². The number of anilines is 1. The number of hydrogen-bond donors (Lipinski definition) is 1. The van der Waals surface area contributed by atoms with Gasteiger partial charge in [0.25, 0.3) is 5.91 Å². The molecule has 1 amide bonds. The quantitative estimate of drug-likeness (QED) is 0.495. The van der Waals surface area contributed by atoms with Gasteiger partial charge in [-0.1, -0.05) is 34.8 Å². The summed E-state index contributed by atoms with van der Waals surface area (Å²) in [7, 11) is 4.12. The Hall–Kier alpha value is -2.36. The molecule has 0 atom stereocenters. The zero-order valence-corrected chi connectivity index (χ0v) is 16.1. The molecule has 0 bridgehead atoms. The average molecular weight is 391 g/mol. The maximum Gasteiger partial charge on any atom is 0.324 e. The van der Waals surface area contributed by atoms with Crippen molar-refractivity contribution in [1.29, 1.82) is 0 Å². The fourth-order valence-electron chi connectivity index (χ4n) is 2.52. The summed E-state index contributed by atoms with van der Waals surface area (Å²) in [4.78, 5) is 31.3. The van der Waals surface area contributed by atoms with E-state index in [1.165, 1.54) is 28.4 Å². The van der Waals surface area contributed by atoms with E-state index in [0.29, 0.717) is 16.6 Å². The van der Waals surface area contributed by atoms with Crippen LogP contribution in [-0.4, -0.2) is 43.0 Å². The minimum absolute atomic E-state index is 0.0321. The number of nitro groups is 1. The van der Waals surface area contributed by atoms with Crippen molar-refractivity contribution in [2.45, 2.75) is 6.42 Å². The number of carbonyl (C=O) groups is 1. The highest BCUT2D eigenvalue weighted by Gasteiger charge is 2.24. The number of hydrogen-bond acceptors (Lipinski definition) is 6. The first-order chi connectivity index (χ1) is 12.5. The lowest BCUT2D eigenvalue weighted by Gasteiger charge is -2.19. The van der Waals surface area contributed by atoms with Crippen molar-refractivity contribution >= 4 is 48.9 Å². The number of para-hydroxylation sites is 1. The number of quaternary nitrogens is 1. The SMILES string of the molecule is C[NH+](C)CCCN(C(=O)c1ccc([N+](=O)[O-])s1)c1nc2ccccc2s1. The largest absolute Gasteiger partial charge is 0.340 e. The smallest absolute Gasteiger partial charge is 0.324 e. The van der Waals surface area contributed by atoms with E-state index in [4.69, 9.17) is 0 Å². The maximum absolute atomic E-state index is 13.0. The summed E-state index contributed by atoms with van der Waals surface area (Å²) in [5.74, 6) is -0.240. The number of rotatable bonds is 7. The molecule has 7 nitrogen and oxygen atoms in total. The first kappa shape index (κ1) is 18.4. The highest BCUT2D eigenvalue weighted by Crippen LogP contribution is 2.31. The van der Waals surface area contributed by atoms with Crippen LogP contribution in [0.5, 0.6) is 0 Å². The van der Waals surface area contributed by atoms with E-state index in [1.54, 1.807) is 4.90 Å². The van der Waals surface area contributed by atoms with Crippen LogP contribution >= 0.6 is 22.7 Å². The molecule has 3 rings (SSSR count). The van der Waals surface area contributed by atoms with E-state index >= 15 is 0 Å². The number of benzene rings is 1. The van der Waals surface area contributed by atoms with Gasteiger partial charge in [0, 0.05) is 19.0 Å². The number of nitrogens with one attached hydrogen (secondary N) is 1. The van der Waals surface area contributed by atoms with Gasteiger partial charge in [-0.25, -0.2) is 4.98 Å². The van der Waals surface area contributed by atoms with Crippen molar-refractivity contribution in [3.63, 3.8) is 0 Å². The van der Waals surface area contributed by atoms with Crippen LogP contribution in [0.2, 0.25) is 0 Å². The molecular formula is C17H19N4O3S2+. The number of fused-ring (bicyclic) bond motifs is 1. The summed E-state index contributed by atoms with van der Waals surface area (Å²) in [6.45, 7) is 1.44. The van der Waals surface area contributed by atoms with Crippen LogP contribution in [-0.2, 0) is 0 Å². The molecule has 1 aromatic carbocycles. The predicted molar refractivity (Wildman–Crippen MR) is 105 cm³/mol. The Morgan fingerprint density at radius 3 is 2.65 bits per heavy atom. The molecule has 0 saturated carbocycles. The molecule has 2 heterocycles. The summed E-state index contributed by atoms with van der Waals surface area (Å²) in [6.07, 6.45) is 0.817. The Bertz CT molecular complexity index is 902. The van der Waals surface area contributed by atoms with Gasteiger partial charge >= 0.3 is 5.00 Å². The van der Waals surface area contributed by atoms with Crippen LogP contribution in [0.15, 0.2) is 36.4 Å². The lowest BCUT2D eigenvalue weighted by molar-refractivity contribution is -0.858. The van der Waals surface area contributed by atoms with Gasteiger partial charge in [0.1, 0.15) is 0 Å². The molecular weight excluding hydrogens is 372 g/mol. The molecule has 3 aromatic rings. The molecule has 9 heteroatoms. The molecule has 136 valence electrons. The molecule has 0 aliphatic carbocycles. The van der Waals surface area contributed by atoms with E-state index in [-0.39, 0.29) is 10.9 Å². The van der Waals surface area contributed by atoms with E-state index in [2.05, 4.69) is 19.1 Å². The minimum atomic E-state index is -0.473. The molecule has 0 radical (unpaired) electrons. The summed E-state index contributed by atoms with van der Waals surface area (Å²) in [6, 6.07) is 10.6. The van der Waals surface area contributed by atoms with Gasteiger partial charge in [-0.05, 0) is 18.2 Å². The third kappa shape index (κ3) is 4.06. The number of thiazole rings is 1. The summed E-state index contributed by atoms with van der Waals surface area (Å²) >= 11 is 2.36. The van der Waals surface area contributed by atoms with E-state index in [9.17, 15) is 14.9 Å². The van der Waals surface area contributed by atoms with E-state index < -0.39 is 4.92 Å². The third-order valence-electron chi connectivity index (χ3n) is 3.80. The molecule has 2 aromatic heterocycles. The van der Waals surface area contributed by atoms with Crippen molar-refractivity contribution in [2.24, 2.45) is 0 Å². The van der Waals surface area contributed by atoms with Gasteiger partial charge in [-0.15, -0.1) is 0 Å². The number of amides is 1. The van der Waals surface area contributed by atoms with Gasteiger partial charge in [0.2, 0.25) is 0 Å². The molecule has 0 aliphatic heterocycles. The van der Waals surface area contributed by atoms with Crippen molar-refractivity contribution in [3.8, 4) is 0 Å². The van der Waals surface area contributed by atoms with Crippen LogP contribution in [0.25, 0.3) is 10.2 Å². The summed E-state index contributed by atoms with van der Waals surface area (Å²) in [5.41, 5.74) is 0.848. The second kappa shape index (κ2) is 7.90. The predicted octanol–water partition coefficient (Wildman–Crippen LogP) is 2.45. The average Bonchev–Trinajstić information content (AvgIpc) is 3.24. The van der Waals surface area contributed by atoms with Crippen LogP contribution in [0, 0.1) is 10.1 Å². The molecule has 0 aliphatic rings. The lowest BCUT2D eigenvalue weighted by Crippen LogP contribution is -3.05. The third-order valence-corrected chi connectivity index (χ3v) is 5.88. The first-order valence-electron chi connectivity index (χ1n) is 8.16. The van der Waals surface area contributed by atoms with Crippen LogP contribution < -0.4 is 9.80 Å². The molecule has 0 fully saturated rings. The van der Waals surface area contributed by atoms with Gasteiger partial charge in [-0.2, -0.15) is 0 Å². The number of carbonyl (C=O) groups excluding carboxylic acids is 1. The normalized spacial score (nSPS) is 11.2. The Morgan fingerprint density at radius 2 is 2.00 bits per heavy atom. The number of aromatic nitrogens is 1. The van der Waals surface area contributed by atoms with Crippen molar-refractivity contribution in [2.75, 3.05) is 32.1 Å². The fraction of sp³-hybridized carbons (Fsp3) is 0.294. The Labute approximate surface area is 158 Å². The fourth-order valence-corrected chi connectivity index (χ4v) is 4.28. The van der Waals surface area contributed by atoms with Gasteiger partial charge in [0.05, 0.1) is 40.7 Å². The second-order valence-corrected chi connectivity index (χ2v) is 8.20. The Balaban J connectivity index is 1.90. The molecule has 0 saturated heterocycles. The minimum Gasteiger partial charge on any atom is -0.340 e. The number of nitrogens with zero attached hydrogens (tertiary/aromatic N) is 3. The van der Waals surface area contributed by atoms with Gasteiger partial charge < -0.3 is 4.90 Å². The Morgan fingerprint density at radius 1 is 1.23 bits per heavy atom. The zero-order chi connectivity index (χ0) is 18.7. The summed E-state index contributed by atoms with van der Waals surface area (Å²) in [5, 5.41) is 11.5. The van der Waals surface area contributed by atoms with Crippen LogP contribution in [0.4, 0.5) is 10.1 Å². The highest BCUT2D eigenvalue weighted by atomic mass is 32.1. The van der Waals surface area contributed by atoms with Crippen molar-refractivity contribution in [1.82, 2.24) is 4.98 Å². The zero-order valence-electron chi connectivity index (χ0n) is 14.5. The second-order valence-electron chi connectivity index (χ2n) is 6.13. The molecule has 0 spiro atoms. The molecule has 1 N–H and O–H groups in total. The molecule has 26 heavy (non-hydrogen) atoms. The lowest BCUT2D eigenvalue weighted by atomic mass is 10.3. The molecule has 0 unspecified atom stereocenters. The standard InChI is InChI=1S/C17H18N4O3S2/c1-19(2)10-5-11-20(16(22)14-8-9-15(25-14)21(23)24)17-18-12-6-3-4-7-13(12)26-17/h3-4,6-9H,5,10-11H2,1-2H3/p+1. The highest BCUT2D eigenvalue weighted by molar-refractivity contribution is 7.22. The van der Waals surface area contributed by atoms with Gasteiger partial charge in [-0.3, -0.25) is 19.8 Å². The Kier molecular flexibility index (Phi) is 5.60. The van der Waals surface area contributed by atoms with Crippen LogP contribution in [0.3, 0.4) is 0 Å². The van der Waals surface area contributed by atoms with Crippen molar-refractivity contribution in [3.05, 3.63) is 51.4 Å². The van der Waals surface area contributed by atoms with Crippen molar-refractivity contribution < 1.29 is 14.6 Å². The topological polar surface area (TPSA) is 80.8 Å². The number of thiophene rings is 1.